The standard InChI is InChI=1S/C23H31F2N10O17P3/c1-22(24)12(36)8(3-47-53(40,41)42)50-19(22)35-6-28-11-15(35)31-21(33-17(11)39)29-7-49-55(45,46)52-54(43,44)48-4-9-13(37)23(2,25)18(51-9)34-5-27-10-14(34)30-20(26)32-16(10)38/h5-6,8-9,12-13,18-19,36-37H,3-4,7H2,1-2H3,(H,43,44)(H,45,46)(H2,40,41,42)(H3,26,30,32,38)(H2,29,31,33,39)/t8-,9-,12-,13-,18-,19-,22-,23-/m1/s1. The average Bonchev–Trinajstić information content (AvgIpc) is 3.77. The van der Waals surface area contributed by atoms with Crippen LogP contribution in [0.3, 0.4) is 0 Å². The van der Waals surface area contributed by atoms with Gasteiger partial charge < -0.3 is 50.3 Å². The number of aromatic nitrogens is 8. The minimum Gasteiger partial charge on any atom is -0.387 e. The molecule has 6 rings (SSSR count). The van der Waals surface area contributed by atoms with Crippen molar-refractivity contribution in [2.45, 2.75) is 62.1 Å². The second-order valence-electron chi connectivity index (χ2n) is 12.3. The van der Waals surface area contributed by atoms with Crippen molar-refractivity contribution >= 4 is 57.7 Å². The van der Waals surface area contributed by atoms with E-state index in [2.05, 4.69) is 53.1 Å². The van der Waals surface area contributed by atoms with Gasteiger partial charge in [0.15, 0.2) is 46.1 Å². The molecule has 2 aliphatic heterocycles. The monoisotopic (exact) mass is 850 g/mol. The van der Waals surface area contributed by atoms with Gasteiger partial charge in [-0.3, -0.25) is 42.3 Å². The zero-order chi connectivity index (χ0) is 40.5. The van der Waals surface area contributed by atoms with E-state index >= 15 is 8.78 Å². The molecule has 304 valence electrons. The summed E-state index contributed by atoms with van der Waals surface area (Å²) < 4.78 is 98.0. The number of phosphoric acid groups is 3. The Morgan fingerprint density at radius 1 is 0.836 bits per heavy atom. The largest absolute Gasteiger partial charge is 0.482 e. The molecule has 55 heavy (non-hydrogen) atoms. The fourth-order valence-corrected chi connectivity index (χ4v) is 8.02. The van der Waals surface area contributed by atoms with E-state index in [0.29, 0.717) is 0 Å². The summed E-state index contributed by atoms with van der Waals surface area (Å²) in [6.45, 7) is -1.28. The molecule has 0 spiro atoms. The molecule has 0 saturated carbocycles. The summed E-state index contributed by atoms with van der Waals surface area (Å²) in [4.78, 5) is 82.8. The van der Waals surface area contributed by atoms with Gasteiger partial charge in [0.25, 0.3) is 11.1 Å². The quantitative estimate of drug-likeness (QED) is 0.0512. The number of hydrogen-bond donors (Lipinski definition) is 10. The molecule has 2 aliphatic rings. The Kier molecular flexibility index (Phi) is 10.7. The number of H-pyrrole nitrogens is 2. The van der Waals surface area contributed by atoms with Crippen molar-refractivity contribution in [3.63, 3.8) is 0 Å². The molecule has 27 nitrogen and oxygen atoms in total. The van der Waals surface area contributed by atoms with Crippen LogP contribution in [0.15, 0.2) is 22.2 Å². The number of alkyl halides is 2. The minimum atomic E-state index is -5.55. The van der Waals surface area contributed by atoms with Crippen LogP contribution < -0.4 is 22.2 Å². The Bertz CT molecular complexity index is 2370. The fraction of sp³-hybridized carbons (Fsp3) is 0.565. The number of nitrogens with zero attached hydrogens (tertiary/aromatic N) is 6. The lowest BCUT2D eigenvalue weighted by Gasteiger charge is -2.24. The van der Waals surface area contributed by atoms with Gasteiger partial charge in [-0.1, -0.05) is 0 Å². The normalized spacial score (nSPS) is 30.9. The zero-order valence-corrected chi connectivity index (χ0v) is 30.5. The Morgan fingerprint density at radius 3 is 1.84 bits per heavy atom. The van der Waals surface area contributed by atoms with Crippen molar-refractivity contribution in [1.82, 2.24) is 39.0 Å². The van der Waals surface area contributed by atoms with Crippen LogP contribution in [0, 0.1) is 0 Å². The number of imidazole rings is 2. The van der Waals surface area contributed by atoms with Crippen molar-refractivity contribution < 1.29 is 79.6 Å². The number of halogens is 2. The number of phosphoric ester groups is 3. The van der Waals surface area contributed by atoms with Gasteiger partial charge in [-0.15, -0.1) is 0 Å². The SMILES string of the molecule is C[C@@]1(F)[C@H](O)[C@@H](COP(=O)(O)OP(=O)(O)OCNc2nc3c(ncn3[C@@H]3O[C@H](COP(=O)(O)O)[C@@H](O)[C@@]3(C)F)c(=O)[nH]2)O[C@H]1n1cnc2c(=O)[nH]c(N)nc21. The third kappa shape index (κ3) is 8.27. The van der Waals surface area contributed by atoms with Gasteiger partial charge in [-0.25, -0.2) is 32.4 Å². The molecule has 11 N–H and O–H groups in total. The minimum absolute atomic E-state index is 0.218. The van der Waals surface area contributed by atoms with Gasteiger partial charge in [0, 0.05) is 0 Å². The number of aliphatic hydroxyl groups excluding tert-OH is 2. The second-order valence-corrected chi connectivity index (χ2v) is 16.6. The first-order chi connectivity index (χ1) is 25.4. The smallest absolute Gasteiger partial charge is 0.387 e. The summed E-state index contributed by atoms with van der Waals surface area (Å²) in [7, 11) is -16.1. The average molecular weight is 850 g/mol. The number of aliphatic hydroxyl groups is 2. The van der Waals surface area contributed by atoms with Gasteiger partial charge in [-0.2, -0.15) is 14.3 Å². The lowest BCUT2D eigenvalue weighted by Crippen LogP contribution is -2.40. The van der Waals surface area contributed by atoms with Crippen LogP contribution in [0.2, 0.25) is 0 Å². The second kappa shape index (κ2) is 14.4. The number of nitrogens with two attached hydrogens (primary N) is 1. The van der Waals surface area contributed by atoms with Crippen molar-refractivity contribution in [2.75, 3.05) is 31.0 Å². The molecule has 0 amide bonds. The van der Waals surface area contributed by atoms with Gasteiger partial charge in [0.2, 0.25) is 11.9 Å². The first kappa shape index (κ1) is 41.0. The highest BCUT2D eigenvalue weighted by molar-refractivity contribution is 7.61. The number of ether oxygens (including phenoxy) is 2. The molecule has 0 aromatic carbocycles. The highest BCUT2D eigenvalue weighted by Gasteiger charge is 2.57. The van der Waals surface area contributed by atoms with Gasteiger partial charge in [-0.05, 0) is 13.8 Å². The predicted octanol–water partition coefficient (Wildman–Crippen LogP) is -1.46. The highest BCUT2D eigenvalue weighted by Crippen LogP contribution is 2.60. The van der Waals surface area contributed by atoms with Crippen LogP contribution in [-0.2, 0) is 41.1 Å². The van der Waals surface area contributed by atoms with E-state index in [4.69, 9.17) is 25.0 Å². The first-order valence-electron chi connectivity index (χ1n) is 15.2. The van der Waals surface area contributed by atoms with Crippen LogP contribution in [0.25, 0.3) is 22.3 Å². The summed E-state index contributed by atoms with van der Waals surface area (Å²) in [6.07, 6.45) is -8.92. The fourth-order valence-electron chi connectivity index (χ4n) is 5.70. The van der Waals surface area contributed by atoms with Gasteiger partial charge in [0.1, 0.15) is 31.1 Å². The third-order valence-electron chi connectivity index (χ3n) is 8.30. The van der Waals surface area contributed by atoms with Crippen LogP contribution in [0.1, 0.15) is 26.3 Å². The van der Waals surface area contributed by atoms with Crippen LogP contribution in [0.4, 0.5) is 20.7 Å². The summed E-state index contributed by atoms with van der Waals surface area (Å²) in [5, 5.41) is 23.2. The number of rotatable bonds is 14. The topological polar surface area (TPSA) is 393 Å². The maximum atomic E-state index is 15.7. The van der Waals surface area contributed by atoms with Crippen LogP contribution in [-0.4, -0.2) is 125 Å². The van der Waals surface area contributed by atoms with E-state index in [1.54, 1.807) is 0 Å². The van der Waals surface area contributed by atoms with E-state index in [-0.39, 0.29) is 28.3 Å². The number of nitrogens with one attached hydrogen (secondary N) is 3. The molecule has 2 saturated heterocycles. The van der Waals surface area contributed by atoms with E-state index in [0.717, 1.165) is 35.6 Å². The molecule has 10 atom stereocenters. The highest BCUT2D eigenvalue weighted by atomic mass is 31.3. The molecule has 2 unspecified atom stereocenters. The van der Waals surface area contributed by atoms with Crippen LogP contribution >= 0.6 is 23.5 Å². The van der Waals surface area contributed by atoms with E-state index in [1.807, 2.05) is 0 Å². The molecule has 32 heteroatoms. The Hall–Kier alpha value is -3.63. The molecule has 6 heterocycles. The van der Waals surface area contributed by atoms with Gasteiger partial charge >= 0.3 is 23.5 Å². The predicted molar refractivity (Wildman–Crippen MR) is 174 cm³/mol. The molecule has 0 radical (unpaired) electrons. The van der Waals surface area contributed by atoms with Crippen molar-refractivity contribution in [1.29, 1.82) is 0 Å². The van der Waals surface area contributed by atoms with E-state index in [9.17, 15) is 43.3 Å². The molecular formula is C23H31F2N10O17P3. The first-order valence-corrected chi connectivity index (χ1v) is 19.8. The summed E-state index contributed by atoms with van der Waals surface area (Å²) in [6, 6.07) is 0. The molecule has 0 bridgehead atoms. The third-order valence-corrected chi connectivity index (χ3v) is 11.4. The number of aromatic amines is 2. The molecule has 2 fully saturated rings. The van der Waals surface area contributed by atoms with E-state index in [1.165, 1.54) is 0 Å². The van der Waals surface area contributed by atoms with Crippen molar-refractivity contribution in [3.05, 3.63) is 33.4 Å². The summed E-state index contributed by atoms with van der Waals surface area (Å²) in [5.41, 5.74) is -2.67. The Balaban J connectivity index is 1.07. The summed E-state index contributed by atoms with van der Waals surface area (Å²) in [5.74, 6) is -0.846. The molecule has 4 aromatic heterocycles. The molecule has 0 aliphatic carbocycles. The lowest BCUT2D eigenvalue weighted by molar-refractivity contribution is -0.0561. The number of nitrogen functional groups attached to an aromatic ring is 1. The van der Waals surface area contributed by atoms with Crippen molar-refractivity contribution in [3.8, 4) is 0 Å². The maximum Gasteiger partial charge on any atom is 0.482 e. The Morgan fingerprint density at radius 2 is 1.31 bits per heavy atom. The number of anilines is 2. The summed E-state index contributed by atoms with van der Waals surface area (Å²) >= 11 is 0. The number of fused-ring (bicyclic) bond motifs is 2. The lowest BCUT2D eigenvalue weighted by atomic mass is 9.98. The van der Waals surface area contributed by atoms with Crippen LogP contribution in [0.5, 0.6) is 0 Å². The molecular weight excluding hydrogens is 819 g/mol. The number of hydrogen-bond acceptors (Lipinski definition) is 19. The maximum absolute atomic E-state index is 15.7. The van der Waals surface area contributed by atoms with Gasteiger partial charge in [0.05, 0.1) is 25.9 Å². The zero-order valence-electron chi connectivity index (χ0n) is 27.8. The molecule has 4 aromatic rings. The van der Waals surface area contributed by atoms with E-state index < -0.39 is 109 Å². The van der Waals surface area contributed by atoms with Crippen molar-refractivity contribution in [2.24, 2.45) is 0 Å². The Labute approximate surface area is 302 Å².